The molecule has 0 saturated carbocycles. The molecule has 1 spiro atoms. The molecule has 0 N–H and O–H groups in total. The molecule has 0 radical (unpaired) electrons. The average molecular weight is 374 g/mol. The number of piperidine rings is 1. The summed E-state index contributed by atoms with van der Waals surface area (Å²) in [6.07, 6.45) is 4.23. The zero-order valence-corrected chi connectivity index (χ0v) is 15.8. The van der Waals surface area contributed by atoms with Gasteiger partial charge in [-0.25, -0.2) is 0 Å². The third-order valence-corrected chi connectivity index (χ3v) is 6.32. The lowest BCUT2D eigenvalue weighted by Gasteiger charge is -2.41. The second kappa shape index (κ2) is 6.19. The predicted molar refractivity (Wildman–Crippen MR) is 98.4 cm³/mol. The van der Waals surface area contributed by atoms with Crippen molar-refractivity contribution in [1.82, 2.24) is 19.2 Å². The Hall–Kier alpha value is -2.22. The van der Waals surface area contributed by atoms with Gasteiger partial charge in [-0.05, 0) is 33.1 Å². The van der Waals surface area contributed by atoms with Crippen molar-refractivity contribution < 1.29 is 9.59 Å². The molecule has 138 valence electrons. The Labute approximate surface area is 155 Å². The quantitative estimate of drug-likeness (QED) is 0.801. The number of carbonyl (C=O) groups excluding carboxylic acids is 2. The highest BCUT2D eigenvalue weighted by atomic mass is 32.1. The molecule has 0 unspecified atom stereocenters. The molecule has 8 heteroatoms. The van der Waals surface area contributed by atoms with Crippen molar-refractivity contribution in [2.45, 2.75) is 39.2 Å². The van der Waals surface area contributed by atoms with Gasteiger partial charge in [0.1, 0.15) is 5.69 Å². The third kappa shape index (κ3) is 2.63. The van der Waals surface area contributed by atoms with Crippen LogP contribution in [0.15, 0.2) is 22.4 Å². The number of hydrogen-bond acceptors (Lipinski definition) is 5. The van der Waals surface area contributed by atoms with E-state index < -0.39 is 11.0 Å². The lowest BCUT2D eigenvalue weighted by Crippen LogP contribution is -2.52. The SMILES string of the molecule is CC(C)N1CCC[C@@]2(CCN(C(=O)c3cc(=O)nc4sccn34)C2)C1=O. The van der Waals surface area contributed by atoms with E-state index in [2.05, 4.69) is 4.98 Å². The number of hydrogen-bond donors (Lipinski definition) is 0. The maximum Gasteiger partial charge on any atom is 0.274 e. The van der Waals surface area contributed by atoms with E-state index in [1.807, 2.05) is 18.7 Å². The Balaban J connectivity index is 1.62. The van der Waals surface area contributed by atoms with Gasteiger partial charge in [0, 0.05) is 43.3 Å². The topological polar surface area (TPSA) is 75.0 Å². The number of nitrogens with zero attached hydrogens (tertiary/aromatic N) is 4. The fourth-order valence-corrected chi connectivity index (χ4v) is 4.91. The van der Waals surface area contributed by atoms with Crippen LogP contribution in [0.1, 0.15) is 43.6 Å². The fourth-order valence-electron chi connectivity index (χ4n) is 4.19. The number of fused-ring (bicyclic) bond motifs is 1. The number of thiazole rings is 1. The Bertz CT molecular complexity index is 934. The smallest absolute Gasteiger partial charge is 0.274 e. The molecule has 1 atom stereocenters. The van der Waals surface area contributed by atoms with Crippen LogP contribution in [0.4, 0.5) is 0 Å². The summed E-state index contributed by atoms with van der Waals surface area (Å²) < 4.78 is 1.66. The van der Waals surface area contributed by atoms with E-state index in [4.69, 9.17) is 0 Å². The second-order valence-electron chi connectivity index (χ2n) is 7.49. The molecule has 2 saturated heterocycles. The summed E-state index contributed by atoms with van der Waals surface area (Å²) in [4.78, 5) is 46.1. The molecular weight excluding hydrogens is 352 g/mol. The molecule has 2 aliphatic heterocycles. The Morgan fingerprint density at radius 1 is 1.27 bits per heavy atom. The largest absolute Gasteiger partial charge is 0.340 e. The van der Waals surface area contributed by atoms with Crippen molar-refractivity contribution in [3.63, 3.8) is 0 Å². The van der Waals surface area contributed by atoms with Gasteiger partial charge in [0.15, 0.2) is 4.96 Å². The first-order valence-electron chi connectivity index (χ1n) is 8.98. The van der Waals surface area contributed by atoms with Crippen molar-refractivity contribution in [2.24, 2.45) is 5.41 Å². The van der Waals surface area contributed by atoms with E-state index in [9.17, 15) is 14.4 Å². The van der Waals surface area contributed by atoms with Gasteiger partial charge in [-0.3, -0.25) is 18.8 Å². The summed E-state index contributed by atoms with van der Waals surface area (Å²) in [5, 5.41) is 1.80. The van der Waals surface area contributed by atoms with Crippen LogP contribution >= 0.6 is 11.3 Å². The minimum atomic E-state index is -0.468. The fraction of sp³-hybridized carbons (Fsp3) is 0.556. The van der Waals surface area contributed by atoms with Crippen LogP contribution in [0.2, 0.25) is 0 Å². The van der Waals surface area contributed by atoms with E-state index in [0.29, 0.717) is 30.2 Å². The minimum absolute atomic E-state index is 0.168. The van der Waals surface area contributed by atoms with Crippen molar-refractivity contribution in [3.05, 3.63) is 33.7 Å². The van der Waals surface area contributed by atoms with Crippen LogP contribution in [-0.4, -0.2) is 56.7 Å². The van der Waals surface area contributed by atoms with E-state index >= 15 is 0 Å². The highest BCUT2D eigenvalue weighted by Crippen LogP contribution is 2.41. The standard InChI is InChI=1S/C18H22N4O3S/c1-12(2)21-6-3-4-18(16(21)25)5-7-20(11-18)15(24)13-10-14(23)19-17-22(13)8-9-26-17/h8-10,12H,3-7,11H2,1-2H3/t18-/m0/s1. The van der Waals surface area contributed by atoms with Crippen LogP contribution in [0, 0.1) is 5.41 Å². The summed E-state index contributed by atoms with van der Waals surface area (Å²) in [7, 11) is 0. The molecule has 4 rings (SSSR count). The summed E-state index contributed by atoms with van der Waals surface area (Å²) in [5.41, 5.74) is -0.559. The molecule has 26 heavy (non-hydrogen) atoms. The molecular formula is C18H22N4O3S. The highest BCUT2D eigenvalue weighted by Gasteiger charge is 2.50. The van der Waals surface area contributed by atoms with Gasteiger partial charge in [-0.2, -0.15) is 4.98 Å². The van der Waals surface area contributed by atoms with Gasteiger partial charge >= 0.3 is 0 Å². The molecule has 2 fully saturated rings. The normalized spacial score (nSPS) is 23.6. The van der Waals surface area contributed by atoms with Gasteiger partial charge in [-0.1, -0.05) is 0 Å². The molecule has 4 heterocycles. The van der Waals surface area contributed by atoms with Gasteiger partial charge in [0.25, 0.3) is 11.5 Å². The second-order valence-corrected chi connectivity index (χ2v) is 8.36. The maximum absolute atomic E-state index is 13.1. The first-order chi connectivity index (χ1) is 12.4. The first kappa shape index (κ1) is 17.2. The van der Waals surface area contributed by atoms with Crippen LogP contribution in [0.25, 0.3) is 4.96 Å². The van der Waals surface area contributed by atoms with Gasteiger partial charge in [0.2, 0.25) is 5.91 Å². The molecule has 0 aromatic carbocycles. The maximum atomic E-state index is 13.1. The number of likely N-dealkylation sites (tertiary alicyclic amines) is 2. The summed E-state index contributed by atoms with van der Waals surface area (Å²) in [6.45, 7) is 5.83. The van der Waals surface area contributed by atoms with E-state index in [-0.39, 0.29) is 17.9 Å². The van der Waals surface area contributed by atoms with Crippen LogP contribution in [0.5, 0.6) is 0 Å². The van der Waals surface area contributed by atoms with Gasteiger partial charge < -0.3 is 9.80 Å². The zero-order chi connectivity index (χ0) is 18.5. The number of carbonyl (C=O) groups is 2. The van der Waals surface area contributed by atoms with Crippen LogP contribution in [0.3, 0.4) is 0 Å². The van der Waals surface area contributed by atoms with Crippen molar-refractivity contribution in [3.8, 4) is 0 Å². The van der Waals surface area contributed by atoms with Crippen molar-refractivity contribution in [1.29, 1.82) is 0 Å². The molecule has 0 aliphatic carbocycles. The van der Waals surface area contributed by atoms with Crippen molar-refractivity contribution in [2.75, 3.05) is 19.6 Å². The molecule has 2 aliphatic rings. The average Bonchev–Trinajstić information content (AvgIpc) is 3.23. The van der Waals surface area contributed by atoms with E-state index in [1.54, 1.807) is 20.9 Å². The first-order valence-corrected chi connectivity index (χ1v) is 9.86. The number of amides is 2. The molecule has 2 aromatic heterocycles. The summed E-state index contributed by atoms with van der Waals surface area (Å²) >= 11 is 1.32. The van der Waals surface area contributed by atoms with Gasteiger partial charge in [0.05, 0.1) is 5.41 Å². The Morgan fingerprint density at radius 3 is 2.85 bits per heavy atom. The molecule has 7 nitrogen and oxygen atoms in total. The Morgan fingerprint density at radius 2 is 2.08 bits per heavy atom. The van der Waals surface area contributed by atoms with E-state index in [0.717, 1.165) is 19.4 Å². The monoisotopic (exact) mass is 374 g/mol. The molecule has 2 aromatic rings. The van der Waals surface area contributed by atoms with E-state index in [1.165, 1.54) is 17.4 Å². The Kier molecular flexibility index (Phi) is 4.10. The van der Waals surface area contributed by atoms with Crippen LogP contribution in [-0.2, 0) is 4.79 Å². The highest BCUT2D eigenvalue weighted by molar-refractivity contribution is 7.15. The summed E-state index contributed by atoms with van der Waals surface area (Å²) in [6, 6.07) is 1.46. The van der Waals surface area contributed by atoms with Crippen LogP contribution < -0.4 is 5.56 Å². The lowest BCUT2D eigenvalue weighted by atomic mass is 9.78. The minimum Gasteiger partial charge on any atom is -0.340 e. The molecule has 2 amide bonds. The van der Waals surface area contributed by atoms with Crippen molar-refractivity contribution >= 4 is 28.1 Å². The number of aromatic nitrogens is 2. The zero-order valence-electron chi connectivity index (χ0n) is 15.0. The predicted octanol–water partition coefficient (Wildman–Crippen LogP) is 1.62. The third-order valence-electron chi connectivity index (χ3n) is 5.57. The lowest BCUT2D eigenvalue weighted by molar-refractivity contribution is -0.147. The van der Waals surface area contributed by atoms with Gasteiger partial charge in [-0.15, -0.1) is 11.3 Å². The number of rotatable bonds is 2. The molecule has 0 bridgehead atoms. The summed E-state index contributed by atoms with van der Waals surface area (Å²) in [5.74, 6) is -0.0362.